The Kier molecular flexibility index (Phi) is 3.73. The third-order valence-corrected chi connectivity index (χ3v) is 4.90. The minimum atomic E-state index is 0.173. The number of nitriles is 1. The van der Waals surface area contributed by atoms with Crippen molar-refractivity contribution in [1.29, 1.82) is 5.26 Å². The third-order valence-electron chi connectivity index (χ3n) is 4.90. The molecule has 0 aromatic heterocycles. The first-order valence-electron chi connectivity index (χ1n) is 7.50. The van der Waals surface area contributed by atoms with E-state index in [-0.39, 0.29) is 5.91 Å². The van der Waals surface area contributed by atoms with E-state index < -0.39 is 0 Å². The average molecular weight is 268 g/mol. The molecule has 1 amide bonds. The number of hydrogen-bond acceptors (Lipinski definition) is 2. The van der Waals surface area contributed by atoms with Crippen LogP contribution in [0.3, 0.4) is 0 Å². The third kappa shape index (κ3) is 2.85. The number of carbonyl (C=O) groups excluding carboxylic acids is 1. The quantitative estimate of drug-likeness (QED) is 0.912. The van der Waals surface area contributed by atoms with E-state index in [1.165, 1.54) is 25.7 Å². The predicted molar refractivity (Wildman–Crippen MR) is 76.6 cm³/mol. The first-order chi connectivity index (χ1) is 9.74. The summed E-state index contributed by atoms with van der Waals surface area (Å²) in [5, 5.41) is 11.7. The van der Waals surface area contributed by atoms with Crippen molar-refractivity contribution in [3.05, 3.63) is 35.4 Å². The van der Waals surface area contributed by atoms with Gasteiger partial charge in [0.05, 0.1) is 11.6 Å². The summed E-state index contributed by atoms with van der Waals surface area (Å²) in [6.07, 6.45) is 6.02. The van der Waals surface area contributed by atoms with Crippen molar-refractivity contribution in [2.75, 3.05) is 0 Å². The van der Waals surface area contributed by atoms with E-state index in [4.69, 9.17) is 5.26 Å². The van der Waals surface area contributed by atoms with Crippen LogP contribution in [0.5, 0.6) is 0 Å². The van der Waals surface area contributed by atoms with Crippen LogP contribution in [-0.4, -0.2) is 5.91 Å². The highest BCUT2D eigenvalue weighted by Gasteiger charge is 2.39. The zero-order valence-electron chi connectivity index (χ0n) is 11.6. The molecule has 1 N–H and O–H groups in total. The molecule has 0 radical (unpaired) electrons. The van der Waals surface area contributed by atoms with Gasteiger partial charge in [0.25, 0.3) is 0 Å². The van der Waals surface area contributed by atoms with E-state index >= 15 is 0 Å². The smallest absolute Gasteiger partial charge is 0.220 e. The molecule has 0 saturated heterocycles. The molecule has 3 atom stereocenters. The maximum absolute atomic E-state index is 12.0. The highest BCUT2D eigenvalue weighted by atomic mass is 16.1. The van der Waals surface area contributed by atoms with Crippen molar-refractivity contribution < 1.29 is 4.79 Å². The largest absolute Gasteiger partial charge is 0.352 e. The number of carbonyl (C=O) groups is 1. The highest BCUT2D eigenvalue weighted by molar-refractivity contribution is 5.76. The summed E-state index contributed by atoms with van der Waals surface area (Å²) in [6, 6.07) is 9.47. The maximum atomic E-state index is 12.0. The van der Waals surface area contributed by atoms with Gasteiger partial charge in [-0.2, -0.15) is 5.26 Å². The standard InChI is InChI=1S/C17H20N2O/c18-10-12-1-3-13(4-2-12)11-19-17(20)9-16-8-14-5-6-15(16)7-14/h1-4,14-16H,5-9,11H2,(H,19,20). The molecule has 2 saturated carbocycles. The van der Waals surface area contributed by atoms with Gasteiger partial charge in [-0.15, -0.1) is 0 Å². The fourth-order valence-electron chi connectivity index (χ4n) is 3.83. The van der Waals surface area contributed by atoms with Gasteiger partial charge in [0, 0.05) is 13.0 Å². The fraction of sp³-hybridized carbons (Fsp3) is 0.529. The molecule has 2 fully saturated rings. The van der Waals surface area contributed by atoms with Crippen molar-refractivity contribution in [2.45, 2.75) is 38.6 Å². The molecule has 0 aliphatic heterocycles. The second-order valence-corrected chi connectivity index (χ2v) is 6.22. The summed E-state index contributed by atoms with van der Waals surface area (Å²) >= 11 is 0. The van der Waals surface area contributed by atoms with Gasteiger partial charge in [-0.3, -0.25) is 4.79 Å². The lowest BCUT2D eigenvalue weighted by Crippen LogP contribution is -2.26. The van der Waals surface area contributed by atoms with Crippen molar-refractivity contribution in [3.8, 4) is 6.07 Å². The van der Waals surface area contributed by atoms with Crippen molar-refractivity contribution >= 4 is 5.91 Å². The van der Waals surface area contributed by atoms with Gasteiger partial charge in [0.15, 0.2) is 0 Å². The molecule has 3 heteroatoms. The molecular formula is C17H20N2O. The molecule has 2 bridgehead atoms. The van der Waals surface area contributed by atoms with Gasteiger partial charge in [0.2, 0.25) is 5.91 Å². The van der Waals surface area contributed by atoms with E-state index in [2.05, 4.69) is 11.4 Å². The predicted octanol–water partition coefficient (Wildman–Crippen LogP) is 3.00. The van der Waals surface area contributed by atoms with Gasteiger partial charge < -0.3 is 5.32 Å². The summed E-state index contributed by atoms with van der Waals surface area (Å²) in [7, 11) is 0. The second-order valence-electron chi connectivity index (χ2n) is 6.22. The van der Waals surface area contributed by atoms with E-state index in [1.54, 1.807) is 12.1 Å². The molecule has 2 aliphatic carbocycles. The summed E-state index contributed by atoms with van der Waals surface area (Å²) < 4.78 is 0. The van der Waals surface area contributed by atoms with Crippen LogP contribution in [0.2, 0.25) is 0 Å². The van der Waals surface area contributed by atoms with Gasteiger partial charge >= 0.3 is 0 Å². The van der Waals surface area contributed by atoms with Gasteiger partial charge in [-0.05, 0) is 54.7 Å². The molecule has 3 rings (SSSR count). The first kappa shape index (κ1) is 13.2. The summed E-state index contributed by atoms with van der Waals surface area (Å²) in [5.41, 5.74) is 1.70. The van der Waals surface area contributed by atoms with Crippen LogP contribution >= 0.6 is 0 Å². The topological polar surface area (TPSA) is 52.9 Å². The Hall–Kier alpha value is -1.82. The Balaban J connectivity index is 1.46. The summed E-state index contributed by atoms with van der Waals surface area (Å²) in [4.78, 5) is 12.0. The number of rotatable bonds is 4. The van der Waals surface area contributed by atoms with Gasteiger partial charge in [-0.25, -0.2) is 0 Å². The molecule has 0 spiro atoms. The Morgan fingerprint density at radius 1 is 1.25 bits per heavy atom. The molecule has 1 aromatic carbocycles. The molecule has 3 nitrogen and oxygen atoms in total. The number of nitrogens with one attached hydrogen (secondary N) is 1. The van der Waals surface area contributed by atoms with Crippen LogP contribution in [0.15, 0.2) is 24.3 Å². The lowest BCUT2D eigenvalue weighted by atomic mass is 9.86. The van der Waals surface area contributed by atoms with Crippen molar-refractivity contribution in [2.24, 2.45) is 17.8 Å². The van der Waals surface area contributed by atoms with Crippen molar-refractivity contribution in [3.63, 3.8) is 0 Å². The van der Waals surface area contributed by atoms with Gasteiger partial charge in [-0.1, -0.05) is 18.6 Å². The van der Waals surface area contributed by atoms with Crippen LogP contribution in [0.1, 0.15) is 43.2 Å². The number of fused-ring (bicyclic) bond motifs is 2. The fourth-order valence-corrected chi connectivity index (χ4v) is 3.83. The SMILES string of the molecule is N#Cc1ccc(CNC(=O)CC2CC3CCC2C3)cc1. The zero-order valence-corrected chi connectivity index (χ0v) is 11.6. The second kappa shape index (κ2) is 5.66. The maximum Gasteiger partial charge on any atom is 0.220 e. The van der Waals surface area contributed by atoms with E-state index in [1.807, 2.05) is 12.1 Å². The number of nitrogens with zero attached hydrogens (tertiary/aromatic N) is 1. The summed E-state index contributed by atoms with van der Waals surface area (Å²) in [5.74, 6) is 2.50. The average Bonchev–Trinajstić information content (AvgIpc) is 3.08. The Bertz CT molecular complexity index is 529. The van der Waals surface area contributed by atoms with Crippen molar-refractivity contribution in [1.82, 2.24) is 5.32 Å². The van der Waals surface area contributed by atoms with Crippen LogP contribution < -0.4 is 5.32 Å². The number of hydrogen-bond donors (Lipinski definition) is 1. The molecule has 2 aliphatic rings. The van der Waals surface area contributed by atoms with Crippen LogP contribution in [0.4, 0.5) is 0 Å². The number of amides is 1. The lowest BCUT2D eigenvalue weighted by Gasteiger charge is -2.20. The molecule has 0 heterocycles. The van der Waals surface area contributed by atoms with Crippen LogP contribution in [0, 0.1) is 29.1 Å². The summed E-state index contributed by atoms with van der Waals surface area (Å²) in [6.45, 7) is 0.561. The normalized spacial score (nSPS) is 27.2. The number of benzene rings is 1. The highest BCUT2D eigenvalue weighted by Crippen LogP contribution is 2.49. The molecule has 3 unspecified atom stereocenters. The first-order valence-corrected chi connectivity index (χ1v) is 7.50. The Morgan fingerprint density at radius 3 is 2.65 bits per heavy atom. The molecule has 20 heavy (non-hydrogen) atoms. The molecule has 1 aromatic rings. The van der Waals surface area contributed by atoms with Gasteiger partial charge in [0.1, 0.15) is 0 Å². The van der Waals surface area contributed by atoms with Crippen LogP contribution in [-0.2, 0) is 11.3 Å². The minimum Gasteiger partial charge on any atom is -0.352 e. The van der Waals surface area contributed by atoms with Crippen LogP contribution in [0.25, 0.3) is 0 Å². The molecule has 104 valence electrons. The Morgan fingerprint density at radius 2 is 2.05 bits per heavy atom. The zero-order chi connectivity index (χ0) is 13.9. The van der Waals surface area contributed by atoms with E-state index in [0.717, 1.165) is 17.4 Å². The van der Waals surface area contributed by atoms with E-state index in [0.29, 0.717) is 24.4 Å². The monoisotopic (exact) mass is 268 g/mol. The van der Waals surface area contributed by atoms with E-state index in [9.17, 15) is 4.79 Å². The minimum absolute atomic E-state index is 0.173. The Labute approximate surface area is 120 Å². The lowest BCUT2D eigenvalue weighted by molar-refractivity contribution is -0.122. The molecular weight excluding hydrogens is 248 g/mol.